The minimum absolute atomic E-state index is 0.491. The number of rotatable bonds is 4. The highest BCUT2D eigenvalue weighted by atomic mass is 32.1. The number of ether oxygens (including phenoxy) is 1. The second-order valence-electron chi connectivity index (χ2n) is 5.49. The molecule has 0 saturated carbocycles. The molecule has 0 fully saturated rings. The molecule has 0 aliphatic carbocycles. The SMILES string of the molecule is COc1ccnc(Nc2ccc(N3CCc4sccc4C3)nc2)n1. The quantitative estimate of drug-likeness (QED) is 0.787. The zero-order valence-corrected chi connectivity index (χ0v) is 14.1. The van der Waals surface area contributed by atoms with Crippen LogP contribution in [0, 0.1) is 0 Å². The van der Waals surface area contributed by atoms with Crippen LogP contribution < -0.4 is 15.0 Å². The maximum Gasteiger partial charge on any atom is 0.230 e. The molecule has 0 saturated heterocycles. The van der Waals surface area contributed by atoms with E-state index >= 15 is 0 Å². The van der Waals surface area contributed by atoms with Gasteiger partial charge in [0, 0.05) is 30.2 Å². The van der Waals surface area contributed by atoms with Crippen LogP contribution in [-0.2, 0) is 13.0 Å². The summed E-state index contributed by atoms with van der Waals surface area (Å²) in [6, 6.07) is 7.94. The predicted molar refractivity (Wildman–Crippen MR) is 95.2 cm³/mol. The first kappa shape index (κ1) is 14.9. The first-order valence-electron chi connectivity index (χ1n) is 7.72. The molecule has 7 heteroatoms. The summed E-state index contributed by atoms with van der Waals surface area (Å²) >= 11 is 1.85. The number of aromatic nitrogens is 3. The molecule has 0 spiro atoms. The van der Waals surface area contributed by atoms with Crippen molar-refractivity contribution in [2.24, 2.45) is 0 Å². The second kappa shape index (κ2) is 6.45. The minimum atomic E-state index is 0.491. The van der Waals surface area contributed by atoms with Gasteiger partial charge in [-0.25, -0.2) is 9.97 Å². The molecule has 122 valence electrons. The molecule has 0 radical (unpaired) electrons. The smallest absolute Gasteiger partial charge is 0.230 e. The predicted octanol–water partition coefficient (Wildman–Crippen LogP) is 3.25. The van der Waals surface area contributed by atoms with Crippen LogP contribution >= 0.6 is 11.3 Å². The molecule has 0 amide bonds. The van der Waals surface area contributed by atoms with Gasteiger partial charge in [-0.05, 0) is 35.6 Å². The number of fused-ring (bicyclic) bond motifs is 1. The lowest BCUT2D eigenvalue weighted by molar-refractivity contribution is 0.397. The van der Waals surface area contributed by atoms with Crippen molar-refractivity contribution in [3.05, 3.63) is 52.5 Å². The second-order valence-corrected chi connectivity index (χ2v) is 6.49. The Hall–Kier alpha value is -2.67. The van der Waals surface area contributed by atoms with E-state index in [-0.39, 0.29) is 0 Å². The number of nitrogens with one attached hydrogen (secondary N) is 1. The molecule has 3 aromatic rings. The van der Waals surface area contributed by atoms with Gasteiger partial charge in [0.1, 0.15) is 5.82 Å². The highest BCUT2D eigenvalue weighted by Crippen LogP contribution is 2.27. The lowest BCUT2D eigenvalue weighted by Crippen LogP contribution is -2.29. The van der Waals surface area contributed by atoms with Gasteiger partial charge in [-0.1, -0.05) is 0 Å². The summed E-state index contributed by atoms with van der Waals surface area (Å²) in [5.41, 5.74) is 2.26. The molecule has 0 bridgehead atoms. The van der Waals surface area contributed by atoms with E-state index in [9.17, 15) is 0 Å². The monoisotopic (exact) mass is 339 g/mol. The third-order valence-corrected chi connectivity index (χ3v) is 5.00. The molecule has 0 aromatic carbocycles. The molecule has 1 N–H and O–H groups in total. The van der Waals surface area contributed by atoms with E-state index in [2.05, 4.69) is 36.6 Å². The summed E-state index contributed by atoms with van der Waals surface area (Å²) in [7, 11) is 1.58. The van der Waals surface area contributed by atoms with Gasteiger partial charge in [0.25, 0.3) is 0 Å². The van der Waals surface area contributed by atoms with Crippen molar-refractivity contribution in [1.82, 2.24) is 15.0 Å². The van der Waals surface area contributed by atoms with Gasteiger partial charge in [0.15, 0.2) is 0 Å². The Balaban J connectivity index is 1.47. The number of hydrogen-bond donors (Lipinski definition) is 1. The molecule has 6 nitrogen and oxygen atoms in total. The van der Waals surface area contributed by atoms with E-state index in [0.717, 1.165) is 31.0 Å². The van der Waals surface area contributed by atoms with Crippen molar-refractivity contribution < 1.29 is 4.74 Å². The molecule has 4 rings (SSSR count). The zero-order valence-electron chi connectivity index (χ0n) is 13.3. The Kier molecular flexibility index (Phi) is 4.00. The maximum absolute atomic E-state index is 5.10. The minimum Gasteiger partial charge on any atom is -0.481 e. The van der Waals surface area contributed by atoms with Crippen LogP contribution in [0.15, 0.2) is 42.0 Å². The summed E-state index contributed by atoms with van der Waals surface area (Å²) in [5, 5.41) is 5.31. The largest absolute Gasteiger partial charge is 0.481 e. The van der Waals surface area contributed by atoms with E-state index in [4.69, 9.17) is 4.74 Å². The Labute approximate surface area is 144 Å². The first-order chi connectivity index (χ1) is 11.8. The van der Waals surface area contributed by atoms with Crippen LogP contribution in [0.5, 0.6) is 5.88 Å². The van der Waals surface area contributed by atoms with Gasteiger partial charge in [-0.3, -0.25) is 0 Å². The van der Waals surface area contributed by atoms with E-state index in [1.165, 1.54) is 10.4 Å². The van der Waals surface area contributed by atoms with Gasteiger partial charge in [0.05, 0.1) is 19.0 Å². The molecule has 1 aliphatic rings. The fourth-order valence-electron chi connectivity index (χ4n) is 2.74. The van der Waals surface area contributed by atoms with Crippen molar-refractivity contribution in [3.63, 3.8) is 0 Å². The highest BCUT2D eigenvalue weighted by molar-refractivity contribution is 7.10. The van der Waals surface area contributed by atoms with Crippen LogP contribution in [0.1, 0.15) is 10.4 Å². The number of anilines is 3. The highest BCUT2D eigenvalue weighted by Gasteiger charge is 2.18. The van der Waals surface area contributed by atoms with E-state index < -0.39 is 0 Å². The van der Waals surface area contributed by atoms with Gasteiger partial charge >= 0.3 is 0 Å². The molecular weight excluding hydrogens is 322 g/mol. The number of thiophene rings is 1. The third kappa shape index (κ3) is 3.03. The van der Waals surface area contributed by atoms with Crippen LogP contribution in [0.25, 0.3) is 0 Å². The van der Waals surface area contributed by atoms with Gasteiger partial charge in [-0.15, -0.1) is 11.3 Å². The van der Waals surface area contributed by atoms with Crippen molar-refractivity contribution in [1.29, 1.82) is 0 Å². The van der Waals surface area contributed by atoms with Crippen LogP contribution in [-0.4, -0.2) is 28.6 Å². The zero-order chi connectivity index (χ0) is 16.4. The van der Waals surface area contributed by atoms with E-state index in [1.54, 1.807) is 25.6 Å². The summed E-state index contributed by atoms with van der Waals surface area (Å²) in [6.45, 7) is 1.93. The third-order valence-electron chi connectivity index (χ3n) is 3.97. The number of hydrogen-bond acceptors (Lipinski definition) is 7. The van der Waals surface area contributed by atoms with Gasteiger partial charge in [0.2, 0.25) is 11.8 Å². The molecule has 1 aliphatic heterocycles. The molecule has 0 atom stereocenters. The topological polar surface area (TPSA) is 63.2 Å². The Morgan fingerprint density at radius 2 is 2.17 bits per heavy atom. The molecular formula is C17H17N5OS. The van der Waals surface area contributed by atoms with Gasteiger partial charge < -0.3 is 15.0 Å². The van der Waals surface area contributed by atoms with Crippen LogP contribution in [0.2, 0.25) is 0 Å². The number of pyridine rings is 1. The fourth-order valence-corrected chi connectivity index (χ4v) is 3.63. The number of methoxy groups -OCH3 is 1. The van der Waals surface area contributed by atoms with Crippen LogP contribution in [0.3, 0.4) is 0 Å². The van der Waals surface area contributed by atoms with Crippen molar-refractivity contribution in [2.75, 3.05) is 23.9 Å². The Morgan fingerprint density at radius 1 is 1.21 bits per heavy atom. The first-order valence-corrected chi connectivity index (χ1v) is 8.60. The van der Waals surface area contributed by atoms with Crippen molar-refractivity contribution in [3.8, 4) is 5.88 Å². The normalized spacial score (nSPS) is 13.5. The van der Waals surface area contributed by atoms with E-state index in [1.807, 2.05) is 23.5 Å². The van der Waals surface area contributed by atoms with Gasteiger partial charge in [-0.2, -0.15) is 4.98 Å². The summed E-state index contributed by atoms with van der Waals surface area (Å²) in [5.74, 6) is 2.01. The Morgan fingerprint density at radius 3 is 3.00 bits per heavy atom. The average molecular weight is 339 g/mol. The molecule has 3 aromatic heterocycles. The molecule has 0 unspecified atom stereocenters. The fraction of sp³-hybridized carbons (Fsp3) is 0.235. The number of nitrogens with zero attached hydrogens (tertiary/aromatic N) is 4. The lowest BCUT2D eigenvalue weighted by atomic mass is 10.1. The summed E-state index contributed by atoms with van der Waals surface area (Å²) in [6.07, 6.45) is 4.55. The Bertz CT molecular complexity index is 833. The molecule has 4 heterocycles. The summed E-state index contributed by atoms with van der Waals surface area (Å²) < 4.78 is 5.10. The van der Waals surface area contributed by atoms with Crippen LogP contribution in [0.4, 0.5) is 17.5 Å². The lowest BCUT2D eigenvalue weighted by Gasteiger charge is -2.28. The maximum atomic E-state index is 5.10. The summed E-state index contributed by atoms with van der Waals surface area (Å²) in [4.78, 5) is 16.8. The molecule has 24 heavy (non-hydrogen) atoms. The van der Waals surface area contributed by atoms with Crippen molar-refractivity contribution >= 4 is 28.8 Å². The average Bonchev–Trinajstić information content (AvgIpc) is 3.10. The standard InChI is InChI=1S/C17H17N5OS/c1-23-16-4-7-18-17(21-16)20-13-2-3-15(19-10-13)22-8-5-14-12(11-22)6-9-24-14/h2-4,6-7,9-10H,5,8,11H2,1H3,(H,18,20,21). The van der Waals surface area contributed by atoms with E-state index in [0.29, 0.717) is 11.8 Å². The van der Waals surface area contributed by atoms with Crippen molar-refractivity contribution in [2.45, 2.75) is 13.0 Å².